The van der Waals surface area contributed by atoms with Crippen molar-refractivity contribution in [2.45, 2.75) is 58.8 Å². The molecule has 7 nitrogen and oxygen atoms in total. The lowest BCUT2D eigenvalue weighted by atomic mass is 9.71. The van der Waals surface area contributed by atoms with Gasteiger partial charge < -0.3 is 23.7 Å². The molecular weight excluding hydrogens is 385 g/mol. The van der Waals surface area contributed by atoms with E-state index in [1.54, 1.807) is 6.92 Å². The van der Waals surface area contributed by atoms with Crippen molar-refractivity contribution in [3.63, 3.8) is 0 Å². The van der Waals surface area contributed by atoms with Crippen molar-refractivity contribution in [1.29, 1.82) is 0 Å². The van der Waals surface area contributed by atoms with Crippen LogP contribution in [0.25, 0.3) is 0 Å². The van der Waals surface area contributed by atoms with Crippen LogP contribution in [0.4, 0.5) is 4.79 Å². The Labute approximate surface area is 178 Å². The van der Waals surface area contributed by atoms with Gasteiger partial charge in [-0.2, -0.15) is 0 Å². The molecule has 1 saturated heterocycles. The number of hydrogen-bond acceptors (Lipinski definition) is 6. The Balaban J connectivity index is 1.75. The standard InChI is InChI=1S/C22H30BNO6/c1-6-27-19(25)17-14-24(20(26)28-15-16-10-8-7-9-11-16)13-12-18(17)23-29-21(2,3)22(4,5)30-23/h7-11H,6,12-15H2,1-5H3. The first-order valence-corrected chi connectivity index (χ1v) is 10.3. The molecule has 0 N–H and O–H groups in total. The SMILES string of the molecule is CCOC(=O)C1=C(B2OC(C)(C)C(C)(C)O2)CCN(C(=O)OCc2ccccc2)C1. The third-order valence-electron chi connectivity index (χ3n) is 5.91. The summed E-state index contributed by atoms with van der Waals surface area (Å²) >= 11 is 0. The largest absolute Gasteiger partial charge is 0.491 e. The molecule has 0 atom stereocenters. The third kappa shape index (κ3) is 4.70. The van der Waals surface area contributed by atoms with Crippen LogP contribution in [0.3, 0.4) is 0 Å². The first-order chi connectivity index (χ1) is 14.1. The van der Waals surface area contributed by atoms with E-state index in [1.807, 2.05) is 58.0 Å². The van der Waals surface area contributed by atoms with Crippen molar-refractivity contribution >= 4 is 19.2 Å². The second-order valence-corrected chi connectivity index (χ2v) is 8.52. The number of nitrogens with zero attached hydrogens (tertiary/aromatic N) is 1. The molecule has 0 spiro atoms. The van der Waals surface area contributed by atoms with E-state index in [0.717, 1.165) is 11.0 Å². The van der Waals surface area contributed by atoms with Crippen LogP contribution in [-0.4, -0.2) is 55.0 Å². The Morgan fingerprint density at radius 3 is 2.30 bits per heavy atom. The quantitative estimate of drug-likeness (QED) is 0.541. The molecule has 1 amide bonds. The predicted molar refractivity (Wildman–Crippen MR) is 113 cm³/mol. The van der Waals surface area contributed by atoms with Crippen molar-refractivity contribution in [2.75, 3.05) is 19.7 Å². The third-order valence-corrected chi connectivity index (χ3v) is 5.91. The van der Waals surface area contributed by atoms with Crippen molar-refractivity contribution in [1.82, 2.24) is 4.90 Å². The highest BCUT2D eigenvalue weighted by Crippen LogP contribution is 2.40. The van der Waals surface area contributed by atoms with E-state index in [2.05, 4.69) is 0 Å². The van der Waals surface area contributed by atoms with Gasteiger partial charge in [-0.1, -0.05) is 30.3 Å². The van der Waals surface area contributed by atoms with Crippen LogP contribution >= 0.6 is 0 Å². The van der Waals surface area contributed by atoms with Gasteiger partial charge in [-0.3, -0.25) is 0 Å². The lowest BCUT2D eigenvalue weighted by molar-refractivity contribution is -0.138. The molecule has 3 rings (SSSR count). The Morgan fingerprint density at radius 2 is 1.70 bits per heavy atom. The number of carbonyl (C=O) groups excluding carboxylic acids is 2. The highest BCUT2D eigenvalue weighted by molar-refractivity contribution is 6.55. The van der Waals surface area contributed by atoms with Crippen LogP contribution in [-0.2, 0) is 30.2 Å². The van der Waals surface area contributed by atoms with Gasteiger partial charge in [0.2, 0.25) is 0 Å². The summed E-state index contributed by atoms with van der Waals surface area (Å²) in [5.74, 6) is -0.456. The molecule has 0 radical (unpaired) electrons. The molecule has 8 heteroatoms. The van der Waals surface area contributed by atoms with Crippen LogP contribution in [0, 0.1) is 0 Å². The van der Waals surface area contributed by atoms with Crippen LogP contribution < -0.4 is 0 Å². The molecule has 2 aliphatic rings. The Bertz CT molecular complexity index is 804. The maximum absolute atomic E-state index is 12.7. The first-order valence-electron chi connectivity index (χ1n) is 10.3. The maximum Gasteiger partial charge on any atom is 0.491 e. The van der Waals surface area contributed by atoms with Crippen LogP contribution in [0.2, 0.25) is 0 Å². The van der Waals surface area contributed by atoms with Crippen molar-refractivity contribution in [3.8, 4) is 0 Å². The fourth-order valence-electron chi connectivity index (χ4n) is 3.40. The maximum atomic E-state index is 12.7. The van der Waals surface area contributed by atoms with Crippen molar-refractivity contribution < 1.29 is 28.4 Å². The number of rotatable bonds is 5. The van der Waals surface area contributed by atoms with Crippen LogP contribution in [0.15, 0.2) is 41.4 Å². The molecule has 30 heavy (non-hydrogen) atoms. The summed E-state index contributed by atoms with van der Waals surface area (Å²) in [6.45, 7) is 10.6. The molecular formula is C22H30BNO6. The topological polar surface area (TPSA) is 74.3 Å². The van der Waals surface area contributed by atoms with Crippen molar-refractivity contribution in [2.24, 2.45) is 0 Å². The molecule has 0 saturated carbocycles. The Hall–Kier alpha value is -2.32. The minimum atomic E-state index is -0.642. The van der Waals surface area contributed by atoms with Gasteiger partial charge >= 0.3 is 19.2 Å². The summed E-state index contributed by atoms with van der Waals surface area (Å²) in [7, 11) is -0.642. The number of amides is 1. The van der Waals surface area contributed by atoms with E-state index in [0.29, 0.717) is 18.5 Å². The first kappa shape index (κ1) is 22.4. The van der Waals surface area contributed by atoms with Gasteiger partial charge in [0.1, 0.15) is 6.61 Å². The summed E-state index contributed by atoms with van der Waals surface area (Å²) in [4.78, 5) is 26.8. The summed E-state index contributed by atoms with van der Waals surface area (Å²) in [5.41, 5.74) is 1.01. The smallest absolute Gasteiger partial charge is 0.463 e. The van der Waals surface area contributed by atoms with Gasteiger partial charge in [0.05, 0.1) is 29.9 Å². The van der Waals surface area contributed by atoms with Gasteiger partial charge in [0, 0.05) is 6.54 Å². The summed E-state index contributed by atoms with van der Waals surface area (Å²) < 4.78 is 23.0. The van der Waals surface area contributed by atoms with Crippen molar-refractivity contribution in [3.05, 3.63) is 46.9 Å². The average Bonchev–Trinajstić information content (AvgIpc) is 2.93. The normalized spacial score (nSPS) is 20.3. The Morgan fingerprint density at radius 1 is 1.07 bits per heavy atom. The highest BCUT2D eigenvalue weighted by Gasteiger charge is 2.53. The van der Waals surface area contributed by atoms with E-state index in [-0.39, 0.29) is 19.8 Å². The fourth-order valence-corrected chi connectivity index (χ4v) is 3.40. The summed E-state index contributed by atoms with van der Waals surface area (Å²) in [6.07, 6.45) is -0.0144. The molecule has 2 aliphatic heterocycles. The molecule has 1 fully saturated rings. The van der Waals surface area contributed by atoms with E-state index in [4.69, 9.17) is 18.8 Å². The zero-order valence-corrected chi connectivity index (χ0v) is 18.4. The highest BCUT2D eigenvalue weighted by atomic mass is 16.7. The average molecular weight is 415 g/mol. The minimum absolute atomic E-state index is 0.103. The molecule has 0 bridgehead atoms. The molecule has 0 aromatic heterocycles. The fraction of sp³-hybridized carbons (Fsp3) is 0.545. The molecule has 1 aromatic rings. The molecule has 2 heterocycles. The second-order valence-electron chi connectivity index (χ2n) is 8.52. The van der Waals surface area contributed by atoms with Gasteiger partial charge in [0.25, 0.3) is 0 Å². The van der Waals surface area contributed by atoms with E-state index in [1.165, 1.54) is 4.90 Å². The van der Waals surface area contributed by atoms with Gasteiger partial charge in [-0.15, -0.1) is 0 Å². The molecule has 0 aliphatic carbocycles. The zero-order chi connectivity index (χ0) is 21.9. The van der Waals surface area contributed by atoms with Crippen LogP contribution in [0.1, 0.15) is 46.6 Å². The molecule has 1 aromatic carbocycles. The van der Waals surface area contributed by atoms with E-state index >= 15 is 0 Å². The zero-order valence-electron chi connectivity index (χ0n) is 18.4. The van der Waals surface area contributed by atoms with Gasteiger partial charge in [-0.25, -0.2) is 9.59 Å². The molecule has 162 valence electrons. The number of benzene rings is 1. The van der Waals surface area contributed by atoms with E-state index in [9.17, 15) is 9.59 Å². The van der Waals surface area contributed by atoms with E-state index < -0.39 is 30.4 Å². The van der Waals surface area contributed by atoms with Gasteiger partial charge in [0.15, 0.2) is 0 Å². The van der Waals surface area contributed by atoms with Gasteiger partial charge in [-0.05, 0) is 52.1 Å². The monoisotopic (exact) mass is 415 g/mol. The molecule has 0 unspecified atom stereocenters. The lowest BCUT2D eigenvalue weighted by Gasteiger charge is -2.32. The summed E-state index contributed by atoms with van der Waals surface area (Å²) in [6, 6.07) is 9.47. The Kier molecular flexibility index (Phi) is 6.57. The summed E-state index contributed by atoms with van der Waals surface area (Å²) in [5, 5.41) is 0. The number of ether oxygens (including phenoxy) is 2. The second kappa shape index (κ2) is 8.82. The number of hydrogen-bond donors (Lipinski definition) is 0. The number of esters is 1. The predicted octanol–water partition coefficient (Wildman–Crippen LogP) is 3.52. The lowest BCUT2D eigenvalue weighted by Crippen LogP contribution is -2.42. The number of carbonyl (C=O) groups is 2. The van der Waals surface area contributed by atoms with Crippen LogP contribution in [0.5, 0.6) is 0 Å². The minimum Gasteiger partial charge on any atom is -0.463 e.